The summed E-state index contributed by atoms with van der Waals surface area (Å²) in [6.45, 7) is 1.80. The van der Waals surface area contributed by atoms with Gasteiger partial charge in [0.2, 0.25) is 5.91 Å². The number of rotatable bonds is 6. The third-order valence-corrected chi connectivity index (χ3v) is 2.01. The summed E-state index contributed by atoms with van der Waals surface area (Å²) in [7, 11) is 2.00. The second-order valence-corrected chi connectivity index (χ2v) is 3.50. The number of carbonyl (C=O) groups is 1. The Morgan fingerprint density at radius 1 is 1.55 bits per heavy atom. The second kappa shape index (κ2) is 6.49. The van der Waals surface area contributed by atoms with E-state index in [1.807, 2.05) is 7.05 Å². The van der Waals surface area contributed by atoms with Crippen molar-refractivity contribution in [3.8, 4) is 0 Å². The summed E-state index contributed by atoms with van der Waals surface area (Å²) in [5, 5.41) is 0. The minimum Gasteiger partial charge on any atom is -0.370 e. The molecule has 0 fully saturated rings. The Labute approximate surface area is 72.3 Å². The van der Waals surface area contributed by atoms with Gasteiger partial charge in [0.15, 0.2) is 0 Å². The molecule has 11 heavy (non-hydrogen) atoms. The van der Waals surface area contributed by atoms with Crippen LogP contribution in [0.3, 0.4) is 0 Å². The lowest BCUT2D eigenvalue weighted by atomic mass is 10.4. The van der Waals surface area contributed by atoms with Crippen molar-refractivity contribution in [3.63, 3.8) is 0 Å². The Kier molecular flexibility index (Phi) is 6.36. The molecule has 3 nitrogen and oxygen atoms in total. The van der Waals surface area contributed by atoms with Gasteiger partial charge in [-0.15, -0.1) is 0 Å². The first kappa shape index (κ1) is 10.8. The van der Waals surface area contributed by atoms with Gasteiger partial charge >= 0.3 is 0 Å². The molecule has 4 heteroatoms. The van der Waals surface area contributed by atoms with E-state index in [-0.39, 0.29) is 5.91 Å². The summed E-state index contributed by atoms with van der Waals surface area (Å²) in [5.41, 5.74) is 5.00. The molecular formula is C7H16N2OS. The maximum Gasteiger partial charge on any atom is 0.218 e. The third-order valence-electron chi connectivity index (χ3n) is 1.42. The van der Waals surface area contributed by atoms with Crippen LogP contribution >= 0.6 is 11.8 Å². The SMILES string of the molecule is CSCCN(C)CCC(N)=O. The van der Waals surface area contributed by atoms with Gasteiger partial charge in [0.05, 0.1) is 0 Å². The van der Waals surface area contributed by atoms with Gasteiger partial charge in [-0.1, -0.05) is 0 Å². The number of hydrogen-bond donors (Lipinski definition) is 1. The summed E-state index contributed by atoms with van der Waals surface area (Å²) in [6, 6.07) is 0. The number of thioether (sulfide) groups is 1. The molecular weight excluding hydrogens is 160 g/mol. The summed E-state index contributed by atoms with van der Waals surface area (Å²) in [4.78, 5) is 12.5. The fraction of sp³-hybridized carbons (Fsp3) is 0.857. The molecule has 0 bridgehead atoms. The number of carbonyl (C=O) groups excluding carboxylic acids is 1. The van der Waals surface area contributed by atoms with E-state index in [1.165, 1.54) is 0 Å². The Morgan fingerprint density at radius 2 is 2.18 bits per heavy atom. The van der Waals surface area contributed by atoms with Gasteiger partial charge in [-0.05, 0) is 13.3 Å². The molecule has 0 heterocycles. The van der Waals surface area contributed by atoms with Gasteiger partial charge in [-0.3, -0.25) is 4.79 Å². The molecule has 0 aromatic carbocycles. The second-order valence-electron chi connectivity index (χ2n) is 2.51. The lowest BCUT2D eigenvalue weighted by molar-refractivity contribution is -0.118. The maximum absolute atomic E-state index is 10.4. The smallest absolute Gasteiger partial charge is 0.218 e. The largest absolute Gasteiger partial charge is 0.370 e. The van der Waals surface area contributed by atoms with Gasteiger partial charge in [-0.25, -0.2) is 0 Å². The van der Waals surface area contributed by atoms with Crippen LogP contribution in [0.25, 0.3) is 0 Å². The van der Waals surface area contributed by atoms with E-state index in [0.717, 1.165) is 18.8 Å². The molecule has 66 valence electrons. The predicted octanol–water partition coefficient (Wildman–Crippen LogP) is 0.157. The van der Waals surface area contributed by atoms with Crippen molar-refractivity contribution in [1.29, 1.82) is 0 Å². The van der Waals surface area contributed by atoms with Crippen LogP contribution in [0.2, 0.25) is 0 Å². The van der Waals surface area contributed by atoms with Gasteiger partial charge in [-0.2, -0.15) is 11.8 Å². The van der Waals surface area contributed by atoms with Crippen molar-refractivity contribution in [2.45, 2.75) is 6.42 Å². The standard InChI is InChI=1S/C7H16N2OS/c1-9(5-6-11-2)4-3-7(8)10/h3-6H2,1-2H3,(H2,8,10). The zero-order valence-corrected chi connectivity index (χ0v) is 7.99. The number of amides is 1. The maximum atomic E-state index is 10.4. The minimum absolute atomic E-state index is 0.221. The molecule has 0 aliphatic heterocycles. The number of nitrogens with two attached hydrogens (primary N) is 1. The number of primary amides is 1. The van der Waals surface area contributed by atoms with Crippen molar-refractivity contribution in [2.75, 3.05) is 32.1 Å². The monoisotopic (exact) mass is 176 g/mol. The molecule has 0 aromatic heterocycles. The first-order chi connectivity index (χ1) is 5.16. The van der Waals surface area contributed by atoms with E-state index in [1.54, 1.807) is 11.8 Å². The topological polar surface area (TPSA) is 46.3 Å². The molecule has 0 saturated carbocycles. The molecule has 0 aliphatic rings. The highest BCUT2D eigenvalue weighted by Crippen LogP contribution is 1.93. The lowest BCUT2D eigenvalue weighted by Crippen LogP contribution is -2.26. The van der Waals surface area contributed by atoms with E-state index >= 15 is 0 Å². The highest BCUT2D eigenvalue weighted by Gasteiger charge is 1.99. The summed E-state index contributed by atoms with van der Waals surface area (Å²) in [5.74, 6) is 0.885. The van der Waals surface area contributed by atoms with E-state index in [0.29, 0.717) is 6.42 Å². The van der Waals surface area contributed by atoms with Crippen LogP contribution < -0.4 is 5.73 Å². The molecule has 0 aliphatic carbocycles. The van der Waals surface area contributed by atoms with Crippen molar-refractivity contribution in [2.24, 2.45) is 5.73 Å². The average molecular weight is 176 g/mol. The summed E-state index contributed by atoms with van der Waals surface area (Å²) in [6.07, 6.45) is 2.53. The van der Waals surface area contributed by atoms with Crippen molar-refractivity contribution >= 4 is 17.7 Å². The van der Waals surface area contributed by atoms with Crippen molar-refractivity contribution < 1.29 is 4.79 Å². The number of nitrogens with zero attached hydrogens (tertiary/aromatic N) is 1. The summed E-state index contributed by atoms with van der Waals surface area (Å²) < 4.78 is 0. The highest BCUT2D eigenvalue weighted by atomic mass is 32.2. The predicted molar refractivity (Wildman–Crippen MR) is 49.7 cm³/mol. The minimum atomic E-state index is -0.221. The molecule has 0 atom stereocenters. The molecule has 0 saturated heterocycles. The Bertz CT molecular complexity index is 119. The molecule has 2 N–H and O–H groups in total. The average Bonchev–Trinajstić information content (AvgIpc) is 1.97. The lowest BCUT2D eigenvalue weighted by Gasteiger charge is -2.13. The van der Waals surface area contributed by atoms with E-state index in [9.17, 15) is 4.79 Å². The molecule has 0 spiro atoms. The Hall–Kier alpha value is -0.220. The van der Waals surface area contributed by atoms with Crippen LogP contribution in [0.15, 0.2) is 0 Å². The van der Waals surface area contributed by atoms with Crippen LogP contribution in [0, 0.1) is 0 Å². The third kappa shape index (κ3) is 7.68. The van der Waals surface area contributed by atoms with E-state index in [2.05, 4.69) is 11.2 Å². The zero-order valence-electron chi connectivity index (χ0n) is 7.17. The first-order valence-electron chi connectivity index (χ1n) is 3.62. The molecule has 0 rings (SSSR count). The first-order valence-corrected chi connectivity index (χ1v) is 5.02. The molecule has 0 unspecified atom stereocenters. The van der Waals surface area contributed by atoms with Gasteiger partial charge in [0.25, 0.3) is 0 Å². The van der Waals surface area contributed by atoms with Crippen LogP contribution in [-0.2, 0) is 4.79 Å². The normalized spacial score (nSPS) is 10.5. The highest BCUT2D eigenvalue weighted by molar-refractivity contribution is 7.98. The Balaban J connectivity index is 3.22. The fourth-order valence-electron chi connectivity index (χ4n) is 0.660. The van der Waals surface area contributed by atoms with Crippen molar-refractivity contribution in [1.82, 2.24) is 4.90 Å². The van der Waals surface area contributed by atoms with Crippen LogP contribution in [-0.4, -0.2) is 43.0 Å². The fourth-order valence-corrected chi connectivity index (χ4v) is 1.15. The van der Waals surface area contributed by atoms with Crippen LogP contribution in [0.5, 0.6) is 0 Å². The van der Waals surface area contributed by atoms with Gasteiger partial charge in [0, 0.05) is 25.3 Å². The van der Waals surface area contributed by atoms with E-state index < -0.39 is 0 Å². The summed E-state index contributed by atoms with van der Waals surface area (Å²) >= 11 is 1.81. The van der Waals surface area contributed by atoms with Crippen molar-refractivity contribution in [3.05, 3.63) is 0 Å². The van der Waals surface area contributed by atoms with Crippen LogP contribution in [0.4, 0.5) is 0 Å². The Morgan fingerprint density at radius 3 is 2.64 bits per heavy atom. The van der Waals surface area contributed by atoms with Gasteiger partial charge in [0.1, 0.15) is 0 Å². The van der Waals surface area contributed by atoms with E-state index in [4.69, 9.17) is 5.73 Å². The molecule has 0 aromatic rings. The number of hydrogen-bond acceptors (Lipinski definition) is 3. The quantitative estimate of drug-likeness (QED) is 0.627. The molecule has 1 amide bonds. The van der Waals surface area contributed by atoms with Gasteiger partial charge < -0.3 is 10.6 Å². The molecule has 0 radical (unpaired) electrons. The van der Waals surface area contributed by atoms with Crippen LogP contribution in [0.1, 0.15) is 6.42 Å². The zero-order chi connectivity index (χ0) is 8.69.